The van der Waals surface area contributed by atoms with Gasteiger partial charge in [-0.15, -0.1) is 0 Å². The van der Waals surface area contributed by atoms with Crippen molar-refractivity contribution < 1.29 is 0 Å². The lowest BCUT2D eigenvalue weighted by molar-refractivity contribution is 0.390. The second kappa shape index (κ2) is 4.99. The van der Waals surface area contributed by atoms with Crippen LogP contribution in [0.4, 0.5) is 0 Å². The van der Waals surface area contributed by atoms with Gasteiger partial charge < -0.3 is 10.6 Å². The summed E-state index contributed by atoms with van der Waals surface area (Å²) in [5.41, 5.74) is 5.66. The highest BCUT2D eigenvalue weighted by Crippen LogP contribution is 2.02. The van der Waals surface area contributed by atoms with E-state index in [-0.39, 0.29) is 0 Å². The van der Waals surface area contributed by atoms with Crippen LogP contribution < -0.4 is 5.73 Å². The van der Waals surface area contributed by atoms with E-state index in [9.17, 15) is 0 Å². The van der Waals surface area contributed by atoms with Gasteiger partial charge in [0.2, 0.25) is 0 Å². The summed E-state index contributed by atoms with van der Waals surface area (Å²) >= 11 is 0. The predicted octanol–water partition coefficient (Wildman–Crippen LogP) is 1.50. The fraction of sp³-hybridized carbons (Fsp3) is 0.600. The van der Waals surface area contributed by atoms with Gasteiger partial charge in [-0.2, -0.15) is 0 Å². The molecule has 0 fully saturated rings. The molecule has 1 aliphatic rings. The minimum absolute atomic E-state index is 0.342. The molecule has 0 aromatic rings. The summed E-state index contributed by atoms with van der Waals surface area (Å²) in [6.45, 7) is 4.24. The van der Waals surface area contributed by atoms with Crippen LogP contribution in [0.3, 0.4) is 0 Å². The van der Waals surface area contributed by atoms with E-state index in [0.29, 0.717) is 6.04 Å². The van der Waals surface area contributed by atoms with Crippen LogP contribution in [0.5, 0.6) is 0 Å². The van der Waals surface area contributed by atoms with Crippen LogP contribution in [0.25, 0.3) is 0 Å². The normalized spacial score (nSPS) is 18.3. The van der Waals surface area contributed by atoms with Crippen molar-refractivity contribution in [2.45, 2.75) is 25.8 Å². The zero-order valence-electron chi connectivity index (χ0n) is 7.74. The maximum atomic E-state index is 5.66. The molecule has 0 aromatic carbocycles. The molecule has 0 aromatic heterocycles. The smallest absolute Gasteiger partial charge is 0.0357 e. The Bertz CT molecular complexity index is 171. The largest absolute Gasteiger partial charge is 0.374 e. The molecule has 0 radical (unpaired) electrons. The van der Waals surface area contributed by atoms with E-state index in [0.717, 1.165) is 19.5 Å². The molecule has 1 atom stereocenters. The van der Waals surface area contributed by atoms with Crippen molar-refractivity contribution in [2.75, 3.05) is 13.1 Å². The molecule has 1 unspecified atom stereocenters. The van der Waals surface area contributed by atoms with Gasteiger partial charge in [0.15, 0.2) is 0 Å². The van der Waals surface area contributed by atoms with E-state index in [2.05, 4.69) is 36.3 Å². The van der Waals surface area contributed by atoms with E-state index >= 15 is 0 Å². The van der Waals surface area contributed by atoms with Crippen LogP contribution >= 0.6 is 0 Å². The van der Waals surface area contributed by atoms with Gasteiger partial charge in [0.1, 0.15) is 0 Å². The molecule has 0 saturated heterocycles. The molecule has 0 bridgehead atoms. The molecule has 2 N–H and O–H groups in total. The lowest BCUT2D eigenvalue weighted by Crippen LogP contribution is -2.22. The fourth-order valence-electron chi connectivity index (χ4n) is 1.29. The van der Waals surface area contributed by atoms with Crippen LogP contribution in [0.15, 0.2) is 24.4 Å². The summed E-state index contributed by atoms with van der Waals surface area (Å²) in [6.07, 6.45) is 10.8. The first-order valence-electron chi connectivity index (χ1n) is 4.62. The Morgan fingerprint density at radius 3 is 2.92 bits per heavy atom. The number of hydrogen-bond donors (Lipinski definition) is 1. The summed E-state index contributed by atoms with van der Waals surface area (Å²) in [5.74, 6) is 0. The van der Waals surface area contributed by atoms with Crippen molar-refractivity contribution >= 4 is 0 Å². The summed E-state index contributed by atoms with van der Waals surface area (Å²) < 4.78 is 0. The van der Waals surface area contributed by atoms with Crippen molar-refractivity contribution in [1.82, 2.24) is 4.90 Å². The van der Waals surface area contributed by atoms with Crippen LogP contribution in [-0.2, 0) is 0 Å². The van der Waals surface area contributed by atoms with Crippen molar-refractivity contribution in [3.05, 3.63) is 24.4 Å². The molecule has 68 valence electrons. The summed E-state index contributed by atoms with van der Waals surface area (Å²) in [4.78, 5) is 2.31. The van der Waals surface area contributed by atoms with Gasteiger partial charge in [0, 0.05) is 19.1 Å². The van der Waals surface area contributed by atoms with Crippen LogP contribution in [0.1, 0.15) is 19.8 Å². The monoisotopic (exact) mass is 166 g/mol. The quantitative estimate of drug-likeness (QED) is 0.685. The van der Waals surface area contributed by atoms with Gasteiger partial charge in [0.25, 0.3) is 0 Å². The van der Waals surface area contributed by atoms with Crippen molar-refractivity contribution in [3.63, 3.8) is 0 Å². The SMILES string of the molecule is CC(N)CCCN1C=CC=CC1. The van der Waals surface area contributed by atoms with Crippen molar-refractivity contribution in [2.24, 2.45) is 5.73 Å². The van der Waals surface area contributed by atoms with E-state index in [1.54, 1.807) is 0 Å². The average Bonchev–Trinajstić information content (AvgIpc) is 2.05. The molecular weight excluding hydrogens is 148 g/mol. The van der Waals surface area contributed by atoms with E-state index < -0.39 is 0 Å². The molecule has 2 nitrogen and oxygen atoms in total. The third kappa shape index (κ3) is 3.58. The van der Waals surface area contributed by atoms with Gasteiger partial charge in [-0.25, -0.2) is 0 Å². The first-order valence-corrected chi connectivity index (χ1v) is 4.62. The molecule has 0 saturated carbocycles. The Hall–Kier alpha value is -0.760. The van der Waals surface area contributed by atoms with Crippen LogP contribution in [-0.4, -0.2) is 24.0 Å². The number of nitrogens with zero attached hydrogens (tertiary/aromatic N) is 1. The number of allylic oxidation sites excluding steroid dienone is 2. The Kier molecular flexibility index (Phi) is 3.88. The van der Waals surface area contributed by atoms with Crippen molar-refractivity contribution in [3.8, 4) is 0 Å². The Morgan fingerprint density at radius 1 is 1.50 bits per heavy atom. The summed E-state index contributed by atoms with van der Waals surface area (Å²) in [5, 5.41) is 0. The van der Waals surface area contributed by atoms with Crippen LogP contribution in [0, 0.1) is 0 Å². The van der Waals surface area contributed by atoms with Gasteiger partial charge in [0.05, 0.1) is 0 Å². The molecule has 12 heavy (non-hydrogen) atoms. The maximum absolute atomic E-state index is 5.66. The third-order valence-corrected chi connectivity index (χ3v) is 1.99. The summed E-state index contributed by atoms with van der Waals surface area (Å²) in [6, 6.07) is 0.342. The molecule has 2 heteroatoms. The Balaban J connectivity index is 2.07. The van der Waals surface area contributed by atoms with Gasteiger partial charge in [-0.05, 0) is 32.0 Å². The number of nitrogens with two attached hydrogens (primary N) is 1. The first-order chi connectivity index (χ1) is 5.79. The molecule has 0 amide bonds. The zero-order valence-corrected chi connectivity index (χ0v) is 7.74. The second-order valence-electron chi connectivity index (χ2n) is 3.38. The van der Waals surface area contributed by atoms with Gasteiger partial charge >= 0.3 is 0 Å². The van der Waals surface area contributed by atoms with Gasteiger partial charge in [-0.3, -0.25) is 0 Å². The Labute approximate surface area is 74.7 Å². The van der Waals surface area contributed by atoms with E-state index in [4.69, 9.17) is 5.73 Å². The first kappa shape index (κ1) is 9.33. The standard InChI is InChI=1S/C10H18N2/c1-10(11)6-5-9-12-7-3-2-4-8-12/h2-4,7,10H,5-6,8-9,11H2,1H3. The minimum Gasteiger partial charge on any atom is -0.374 e. The number of rotatable bonds is 4. The highest BCUT2D eigenvalue weighted by molar-refractivity contribution is 5.08. The summed E-state index contributed by atoms with van der Waals surface area (Å²) in [7, 11) is 0. The van der Waals surface area contributed by atoms with E-state index in [1.165, 1.54) is 6.42 Å². The Morgan fingerprint density at radius 2 is 2.33 bits per heavy atom. The van der Waals surface area contributed by atoms with Crippen molar-refractivity contribution in [1.29, 1.82) is 0 Å². The minimum atomic E-state index is 0.342. The molecule has 1 heterocycles. The highest BCUT2D eigenvalue weighted by atomic mass is 15.1. The lowest BCUT2D eigenvalue weighted by atomic mass is 10.2. The number of hydrogen-bond acceptors (Lipinski definition) is 2. The lowest BCUT2D eigenvalue weighted by Gasteiger charge is -2.20. The molecule has 1 aliphatic heterocycles. The van der Waals surface area contributed by atoms with Crippen LogP contribution in [0.2, 0.25) is 0 Å². The molecule has 0 spiro atoms. The average molecular weight is 166 g/mol. The van der Waals surface area contributed by atoms with Gasteiger partial charge in [-0.1, -0.05) is 12.2 Å². The maximum Gasteiger partial charge on any atom is 0.0357 e. The third-order valence-electron chi connectivity index (χ3n) is 1.99. The fourth-order valence-corrected chi connectivity index (χ4v) is 1.29. The second-order valence-corrected chi connectivity index (χ2v) is 3.38. The molecule has 0 aliphatic carbocycles. The predicted molar refractivity (Wildman–Crippen MR) is 52.7 cm³/mol. The van der Waals surface area contributed by atoms with E-state index in [1.807, 2.05) is 0 Å². The highest BCUT2D eigenvalue weighted by Gasteiger charge is 2.00. The zero-order chi connectivity index (χ0) is 8.81. The molecular formula is C10H18N2. The molecule has 1 rings (SSSR count). The topological polar surface area (TPSA) is 29.3 Å².